The molecule has 0 amide bonds. The molecule has 2 fully saturated rings. The van der Waals surface area contributed by atoms with Crippen LogP contribution in [0.15, 0.2) is 291 Å². The van der Waals surface area contributed by atoms with Crippen molar-refractivity contribution >= 4 is 50.0 Å². The fourth-order valence-electron chi connectivity index (χ4n) is 11.9. The smallest absolute Gasteiger partial charge is 0.497 e. The lowest BCUT2D eigenvalue weighted by atomic mass is 9.80. The summed E-state index contributed by atoms with van der Waals surface area (Å²) >= 11 is 0. The molecule has 11 atom stereocenters. The van der Waals surface area contributed by atoms with Crippen molar-refractivity contribution in [3.05, 3.63) is 347 Å². The van der Waals surface area contributed by atoms with Crippen LogP contribution in [0.25, 0.3) is 0 Å². The largest absolute Gasteiger partial charge is 0.700 e. The molecule has 0 spiro atoms. The molecule has 0 aromatic heterocycles. The average Bonchev–Trinajstić information content (AvgIpc) is 0.758. The SMILES string of the molecule is COc1ccc(C(OC[C@H]2O[C@H](O[P+](=O)O[C@H]3[C@H](OC(=O)c4ccccc4)[C@H](OC(=O)c4ccccc4)[C@@H](OC(=O)c4ccccc4)O[C@@H]3COC(=O)c3ccccc3)[C@@H](OC(=O)c3ccccc3)[C@@H](OC(=O)c3ccccc3)[C@@H]2OC(=O)c2ccccc2)(c2ccccc2)c2ccc(OC)cc2)cc1. The third-order valence-corrected chi connectivity index (χ3v) is 17.9. The zero-order valence-electron chi connectivity index (χ0n) is 56.3. The first-order valence-corrected chi connectivity index (χ1v) is 34.2. The number of methoxy groups -OCH3 is 2. The summed E-state index contributed by atoms with van der Waals surface area (Å²) in [5, 5.41) is 0. The second-order valence-electron chi connectivity index (χ2n) is 23.7. The number of esters is 7. The molecule has 10 aromatic carbocycles. The molecule has 0 radical (unpaired) electrons. The van der Waals surface area contributed by atoms with E-state index >= 15 is 4.57 Å². The standard InChI is InChI=1S/C82H68O22P/c1-91-63-47-43-61(44-48-63)82(60-41-25-10-26-42-60,62-45-49-64(92-2)50-46-62)94-52-66-67(97-74(84)54-29-13-4-14-30-54)69(98-75(85)55-31-15-5-16-32-55)72(101-78(88)58-37-21-8-22-38-58)81(96-66)104-105(90)103-68-65(51-93-73(83)53-27-11-3-12-28-53)95-80(102-79(89)59-39-23-9-24-40-59)71(100-77(87)57-35-19-7-20-36-57)70(68)99-76(86)56-33-17-6-18-34-56/h3-50,65-72,80-81H,51-52H2,1-2H3/q+1/t65-,66-,67-,68-,69+,70+,71+,72+,80-,81-/m1/s1. The number of carbonyl (C=O) groups is 7. The molecule has 0 bridgehead atoms. The van der Waals surface area contributed by atoms with Gasteiger partial charge in [0.05, 0.1) is 59.8 Å². The first-order valence-electron chi connectivity index (χ1n) is 33.2. The highest BCUT2D eigenvalue weighted by atomic mass is 31.1. The lowest BCUT2D eigenvalue weighted by molar-refractivity contribution is -0.289. The molecular formula is C82H68O22P+. The van der Waals surface area contributed by atoms with Crippen molar-refractivity contribution in [2.45, 2.75) is 67.0 Å². The van der Waals surface area contributed by atoms with Gasteiger partial charge in [0.1, 0.15) is 35.9 Å². The Morgan fingerprint density at radius 1 is 0.305 bits per heavy atom. The maximum Gasteiger partial charge on any atom is 0.700 e. The van der Waals surface area contributed by atoms with Gasteiger partial charge in [0.2, 0.25) is 12.4 Å². The predicted molar refractivity (Wildman–Crippen MR) is 376 cm³/mol. The van der Waals surface area contributed by atoms with E-state index < -0.39 is 130 Å². The zero-order chi connectivity index (χ0) is 73.1. The van der Waals surface area contributed by atoms with Crippen LogP contribution in [0.4, 0.5) is 0 Å². The molecule has 532 valence electrons. The van der Waals surface area contributed by atoms with Gasteiger partial charge >= 0.3 is 50.0 Å². The summed E-state index contributed by atoms with van der Waals surface area (Å²) in [7, 11) is -0.904. The van der Waals surface area contributed by atoms with Crippen molar-refractivity contribution in [3.63, 3.8) is 0 Å². The molecule has 2 heterocycles. The molecule has 10 aromatic rings. The Labute approximate surface area is 604 Å². The number of carbonyl (C=O) groups excluding carboxylic acids is 7. The number of benzene rings is 10. The Bertz CT molecular complexity index is 4520. The highest BCUT2D eigenvalue weighted by Crippen LogP contribution is 2.45. The Kier molecular flexibility index (Phi) is 24.1. The van der Waals surface area contributed by atoms with Crippen LogP contribution < -0.4 is 9.47 Å². The first kappa shape index (κ1) is 72.8. The van der Waals surface area contributed by atoms with Gasteiger partial charge in [-0.15, -0.1) is 4.52 Å². The van der Waals surface area contributed by atoms with Crippen LogP contribution in [0.1, 0.15) is 89.2 Å². The second kappa shape index (κ2) is 34.8. The van der Waals surface area contributed by atoms with Crippen LogP contribution >= 0.6 is 8.25 Å². The molecule has 23 heteroatoms. The zero-order valence-corrected chi connectivity index (χ0v) is 57.2. The van der Waals surface area contributed by atoms with Gasteiger partial charge in [0.15, 0.2) is 30.5 Å². The number of hydrogen-bond acceptors (Lipinski definition) is 22. The van der Waals surface area contributed by atoms with E-state index in [2.05, 4.69) is 0 Å². The summed E-state index contributed by atoms with van der Waals surface area (Å²) in [5.41, 5.74) is -0.0641. The van der Waals surface area contributed by atoms with Gasteiger partial charge in [0, 0.05) is 4.57 Å². The second-order valence-corrected chi connectivity index (χ2v) is 24.6. The van der Waals surface area contributed by atoms with E-state index in [0.717, 1.165) is 0 Å². The molecule has 0 saturated carbocycles. The van der Waals surface area contributed by atoms with Gasteiger partial charge in [-0.2, -0.15) is 0 Å². The Morgan fingerprint density at radius 2 is 0.590 bits per heavy atom. The van der Waals surface area contributed by atoms with Crippen molar-refractivity contribution in [3.8, 4) is 11.5 Å². The molecule has 1 unspecified atom stereocenters. The quantitative estimate of drug-likeness (QED) is 0.0200. The van der Waals surface area contributed by atoms with Crippen molar-refractivity contribution < 1.29 is 104 Å². The van der Waals surface area contributed by atoms with Crippen LogP contribution in [0.2, 0.25) is 0 Å². The molecule has 2 aliphatic heterocycles. The van der Waals surface area contributed by atoms with E-state index in [9.17, 15) is 33.6 Å². The van der Waals surface area contributed by atoms with Crippen molar-refractivity contribution in [2.24, 2.45) is 0 Å². The Hall–Kier alpha value is -12.0. The summed E-state index contributed by atoms with van der Waals surface area (Å²) < 4.78 is 105. The van der Waals surface area contributed by atoms with Gasteiger partial charge in [-0.05, 0) is 126 Å². The molecule has 22 nitrogen and oxygen atoms in total. The molecular weight excluding hydrogens is 1370 g/mol. The van der Waals surface area contributed by atoms with E-state index in [4.69, 9.17) is 65.9 Å². The van der Waals surface area contributed by atoms with Crippen LogP contribution in [-0.4, -0.2) is 131 Å². The lowest BCUT2D eigenvalue weighted by Crippen LogP contribution is -2.63. The summed E-state index contributed by atoms with van der Waals surface area (Å²) in [6, 6.07) is 77.0. The fraction of sp³-hybridized carbons (Fsp3) is 0.183. The molecule has 0 aliphatic carbocycles. The number of hydrogen-bond donors (Lipinski definition) is 0. The molecule has 12 rings (SSSR count). The van der Waals surface area contributed by atoms with E-state index in [1.165, 1.54) is 99.1 Å². The predicted octanol–water partition coefficient (Wildman–Crippen LogP) is 13.4. The monoisotopic (exact) mass is 1440 g/mol. The van der Waals surface area contributed by atoms with E-state index in [-0.39, 0.29) is 38.9 Å². The van der Waals surface area contributed by atoms with E-state index in [0.29, 0.717) is 28.2 Å². The molecule has 0 N–H and O–H groups in total. The summed E-state index contributed by atoms with van der Waals surface area (Å²) in [5.74, 6) is -6.14. The van der Waals surface area contributed by atoms with Crippen LogP contribution in [0.5, 0.6) is 11.5 Å². The maximum atomic E-state index is 15.9. The topological polar surface area (TPSA) is 266 Å². The minimum Gasteiger partial charge on any atom is -0.497 e. The summed E-state index contributed by atoms with van der Waals surface area (Å²) in [6.07, 6.45) is -20.0. The van der Waals surface area contributed by atoms with Gasteiger partial charge < -0.3 is 56.8 Å². The Balaban J connectivity index is 1.01. The van der Waals surface area contributed by atoms with Crippen molar-refractivity contribution in [2.75, 3.05) is 27.4 Å². The highest BCUT2D eigenvalue weighted by molar-refractivity contribution is 7.33. The van der Waals surface area contributed by atoms with Gasteiger partial charge in [-0.3, -0.25) is 0 Å². The van der Waals surface area contributed by atoms with Crippen molar-refractivity contribution in [1.29, 1.82) is 0 Å². The molecule has 105 heavy (non-hydrogen) atoms. The van der Waals surface area contributed by atoms with E-state index in [1.807, 2.05) is 30.3 Å². The fourth-order valence-corrected chi connectivity index (χ4v) is 12.7. The third kappa shape index (κ3) is 17.7. The molecule has 2 saturated heterocycles. The number of rotatable bonds is 27. The summed E-state index contributed by atoms with van der Waals surface area (Å²) in [6.45, 7) is -1.51. The normalized spacial score (nSPS) is 19.9. The van der Waals surface area contributed by atoms with E-state index in [1.54, 1.807) is 176 Å². The highest BCUT2D eigenvalue weighted by Gasteiger charge is 2.60. The van der Waals surface area contributed by atoms with Crippen LogP contribution in [0.3, 0.4) is 0 Å². The molecule has 2 aliphatic rings. The minimum absolute atomic E-state index is 0.00437. The minimum atomic E-state index is -3.94. The maximum absolute atomic E-state index is 15.9. The average molecular weight is 1440 g/mol. The summed E-state index contributed by atoms with van der Waals surface area (Å²) in [4.78, 5) is 102. The van der Waals surface area contributed by atoms with Crippen LogP contribution in [-0.2, 0) is 66.6 Å². The third-order valence-electron chi connectivity index (χ3n) is 17.1. The lowest BCUT2D eigenvalue weighted by Gasteiger charge is -2.44. The van der Waals surface area contributed by atoms with Gasteiger partial charge in [0.25, 0.3) is 6.29 Å². The van der Waals surface area contributed by atoms with Crippen LogP contribution in [0, 0.1) is 0 Å². The Morgan fingerprint density at radius 3 is 0.962 bits per heavy atom. The number of ether oxygens (including phenoxy) is 12. The van der Waals surface area contributed by atoms with Crippen molar-refractivity contribution in [1.82, 2.24) is 0 Å². The van der Waals surface area contributed by atoms with Gasteiger partial charge in [-0.1, -0.05) is 187 Å². The first-order chi connectivity index (χ1) is 51.3. The van der Waals surface area contributed by atoms with Gasteiger partial charge in [-0.25, -0.2) is 33.6 Å².